The molecule has 2 fully saturated rings. The van der Waals surface area contributed by atoms with Gasteiger partial charge in [-0.05, 0) is 51.2 Å². The number of hydrogen-bond donors (Lipinski definition) is 2. The Bertz CT molecular complexity index is 1350. The molecule has 0 amide bonds. The molecule has 2 aliphatic rings. The second kappa shape index (κ2) is 8.12. The molecule has 10 nitrogen and oxygen atoms in total. The third-order valence-corrected chi connectivity index (χ3v) is 7.47. The monoisotopic (exact) mass is 462 g/mol. The number of aliphatic hydroxyl groups is 1. The summed E-state index contributed by atoms with van der Waals surface area (Å²) >= 11 is 0. The van der Waals surface area contributed by atoms with E-state index in [9.17, 15) is 5.11 Å². The first-order valence-electron chi connectivity index (χ1n) is 12.0. The Morgan fingerprint density at radius 3 is 2.82 bits per heavy atom. The van der Waals surface area contributed by atoms with Gasteiger partial charge in [0.05, 0.1) is 36.7 Å². The Hall–Kier alpha value is -3.40. The smallest absolute Gasteiger partial charge is 0.223 e. The van der Waals surface area contributed by atoms with Gasteiger partial charge in [0.25, 0.3) is 0 Å². The van der Waals surface area contributed by atoms with Crippen molar-refractivity contribution in [2.24, 2.45) is 0 Å². The first kappa shape index (κ1) is 21.2. The molecule has 4 atom stereocenters. The fourth-order valence-electron chi connectivity index (χ4n) is 5.49. The summed E-state index contributed by atoms with van der Waals surface area (Å²) < 4.78 is 8.92. The van der Waals surface area contributed by atoms with E-state index in [1.54, 1.807) is 11.6 Å². The quantitative estimate of drug-likeness (QED) is 0.475. The molecule has 3 N–H and O–H groups in total. The highest BCUT2D eigenvalue weighted by molar-refractivity contribution is 5.93. The van der Waals surface area contributed by atoms with E-state index in [0.29, 0.717) is 17.6 Å². The van der Waals surface area contributed by atoms with E-state index in [2.05, 4.69) is 28.1 Å². The van der Waals surface area contributed by atoms with Crippen molar-refractivity contribution in [3.05, 3.63) is 36.4 Å². The second-order valence-corrected chi connectivity index (χ2v) is 9.58. The van der Waals surface area contributed by atoms with Gasteiger partial charge in [-0.15, -0.1) is 5.10 Å². The number of hydrogen-bond acceptors (Lipinski definition) is 8. The fraction of sp³-hybridized carbons (Fsp3) is 0.500. The van der Waals surface area contributed by atoms with Crippen LogP contribution < -0.4 is 15.4 Å². The Morgan fingerprint density at radius 2 is 2.03 bits per heavy atom. The van der Waals surface area contributed by atoms with E-state index < -0.39 is 0 Å². The van der Waals surface area contributed by atoms with Gasteiger partial charge in [0.2, 0.25) is 5.95 Å². The van der Waals surface area contributed by atoms with Crippen LogP contribution in [0.2, 0.25) is 0 Å². The van der Waals surface area contributed by atoms with Crippen molar-refractivity contribution < 1.29 is 9.84 Å². The minimum atomic E-state index is -0.310. The Morgan fingerprint density at radius 1 is 1.15 bits per heavy atom. The summed E-state index contributed by atoms with van der Waals surface area (Å²) in [7, 11) is 1.63. The molecule has 4 aromatic rings. The summed E-state index contributed by atoms with van der Waals surface area (Å²) in [6, 6.07) is 6.18. The van der Waals surface area contributed by atoms with Crippen LogP contribution in [-0.4, -0.2) is 60.3 Å². The van der Waals surface area contributed by atoms with Crippen LogP contribution in [0.25, 0.3) is 16.6 Å². The lowest BCUT2D eigenvalue weighted by atomic mass is 9.92. The van der Waals surface area contributed by atoms with Gasteiger partial charge in [-0.1, -0.05) is 0 Å². The van der Waals surface area contributed by atoms with Gasteiger partial charge in [-0.3, -0.25) is 4.68 Å². The van der Waals surface area contributed by atoms with Crippen molar-refractivity contribution in [1.82, 2.24) is 29.4 Å². The number of aliphatic hydroxyl groups excluding tert-OH is 1. The zero-order valence-corrected chi connectivity index (χ0v) is 19.5. The third kappa shape index (κ3) is 3.44. The highest BCUT2D eigenvalue weighted by Gasteiger charge is 2.32. The maximum atomic E-state index is 10.3. The molecule has 10 heteroatoms. The molecule has 6 rings (SSSR count). The molecular formula is C24H30N8O2. The molecule has 1 aliphatic heterocycles. The van der Waals surface area contributed by atoms with Crippen LogP contribution in [-0.2, 0) is 0 Å². The zero-order valence-electron chi connectivity index (χ0n) is 19.5. The van der Waals surface area contributed by atoms with E-state index in [4.69, 9.17) is 20.6 Å². The van der Waals surface area contributed by atoms with Gasteiger partial charge >= 0.3 is 0 Å². The summed E-state index contributed by atoms with van der Waals surface area (Å²) in [5.74, 6) is 1.99. The summed E-state index contributed by atoms with van der Waals surface area (Å²) in [5, 5.41) is 20.5. The van der Waals surface area contributed by atoms with Gasteiger partial charge in [0.1, 0.15) is 5.75 Å². The lowest BCUT2D eigenvalue weighted by Gasteiger charge is -2.37. The standard InChI is InChI=1S/C24H30N8O2/c1-14-6-7-15(12-30(14)16-11-26-31(13-16)20-4-3-5-21(20)33)22-28-23-18-9-8-17(34-2)10-19(18)27-24(25)32(23)29-22/h8-11,13-15,20-21,33H,3-7,12H2,1-2H3,(H2,25,27)/t14-,15+,20?,21?/m0/s1. The first-order valence-corrected chi connectivity index (χ1v) is 12.0. The largest absolute Gasteiger partial charge is 0.497 e. The average Bonchev–Trinajstić information content (AvgIpc) is 3.58. The summed E-state index contributed by atoms with van der Waals surface area (Å²) in [4.78, 5) is 11.8. The average molecular weight is 463 g/mol. The molecule has 1 saturated carbocycles. The molecule has 34 heavy (non-hydrogen) atoms. The van der Waals surface area contributed by atoms with Crippen LogP contribution >= 0.6 is 0 Å². The van der Waals surface area contributed by atoms with E-state index in [-0.39, 0.29) is 18.1 Å². The minimum Gasteiger partial charge on any atom is -0.497 e. The molecule has 3 aromatic heterocycles. The number of nitrogens with two attached hydrogens (primary N) is 1. The molecule has 1 aromatic carbocycles. The number of ether oxygens (including phenoxy) is 1. The van der Waals surface area contributed by atoms with E-state index >= 15 is 0 Å². The number of piperidine rings is 1. The minimum absolute atomic E-state index is 0.0760. The van der Waals surface area contributed by atoms with Gasteiger partial charge in [-0.2, -0.15) is 9.61 Å². The highest BCUT2D eigenvalue weighted by atomic mass is 16.5. The zero-order chi connectivity index (χ0) is 23.4. The molecule has 0 spiro atoms. The van der Waals surface area contributed by atoms with Crippen molar-refractivity contribution in [3.8, 4) is 5.75 Å². The van der Waals surface area contributed by atoms with Crippen LogP contribution in [0.1, 0.15) is 56.8 Å². The highest BCUT2D eigenvalue weighted by Crippen LogP contribution is 2.35. The SMILES string of the molecule is COc1ccc2c(c1)nc(N)n1nc([C@@H]3CC[C@H](C)N(c4cnn(C5CCCC5O)c4)C3)nc21. The predicted molar refractivity (Wildman–Crippen MR) is 129 cm³/mol. The van der Waals surface area contributed by atoms with Crippen molar-refractivity contribution in [3.63, 3.8) is 0 Å². The van der Waals surface area contributed by atoms with Crippen molar-refractivity contribution in [2.75, 3.05) is 24.3 Å². The van der Waals surface area contributed by atoms with Crippen molar-refractivity contribution >= 4 is 28.2 Å². The molecule has 178 valence electrons. The molecule has 4 heterocycles. The van der Waals surface area contributed by atoms with Gasteiger partial charge < -0.3 is 20.5 Å². The number of aromatic nitrogens is 6. The number of nitrogen functional groups attached to an aromatic ring is 1. The topological polar surface area (TPSA) is 120 Å². The van der Waals surface area contributed by atoms with E-state index in [1.807, 2.05) is 29.1 Å². The van der Waals surface area contributed by atoms with Gasteiger partial charge in [0, 0.05) is 36.2 Å². The molecule has 0 bridgehead atoms. The van der Waals surface area contributed by atoms with Crippen LogP contribution in [0.4, 0.5) is 11.6 Å². The lowest BCUT2D eigenvalue weighted by Crippen LogP contribution is -2.41. The Kier molecular flexibility index (Phi) is 5.05. The predicted octanol–water partition coefficient (Wildman–Crippen LogP) is 2.92. The van der Waals surface area contributed by atoms with Crippen LogP contribution in [0.5, 0.6) is 5.75 Å². The van der Waals surface area contributed by atoms with Crippen LogP contribution in [0.15, 0.2) is 30.6 Å². The molecule has 1 saturated heterocycles. The van der Waals surface area contributed by atoms with Gasteiger partial charge in [-0.25, -0.2) is 9.97 Å². The molecule has 2 unspecified atom stereocenters. The number of benzene rings is 1. The van der Waals surface area contributed by atoms with Crippen LogP contribution in [0.3, 0.4) is 0 Å². The maximum absolute atomic E-state index is 10.3. The summed E-state index contributed by atoms with van der Waals surface area (Å²) in [5.41, 5.74) is 8.78. The number of nitrogens with zero attached hydrogens (tertiary/aromatic N) is 7. The molecular weight excluding hydrogens is 432 g/mol. The van der Waals surface area contributed by atoms with E-state index in [0.717, 1.165) is 66.8 Å². The van der Waals surface area contributed by atoms with Crippen molar-refractivity contribution in [2.45, 2.75) is 63.1 Å². The lowest BCUT2D eigenvalue weighted by molar-refractivity contribution is 0.130. The Balaban J connectivity index is 1.31. The van der Waals surface area contributed by atoms with Crippen molar-refractivity contribution in [1.29, 1.82) is 0 Å². The number of methoxy groups -OCH3 is 1. The summed E-state index contributed by atoms with van der Waals surface area (Å²) in [6.45, 7) is 3.05. The molecule has 1 aliphatic carbocycles. The number of fused-ring (bicyclic) bond motifs is 3. The van der Waals surface area contributed by atoms with Gasteiger partial charge in [0.15, 0.2) is 11.5 Å². The molecule has 0 radical (unpaired) electrons. The second-order valence-electron chi connectivity index (χ2n) is 9.58. The van der Waals surface area contributed by atoms with Crippen LogP contribution in [0, 0.1) is 0 Å². The third-order valence-electron chi connectivity index (χ3n) is 7.47. The summed E-state index contributed by atoms with van der Waals surface area (Å²) in [6.07, 6.45) is 8.59. The maximum Gasteiger partial charge on any atom is 0.223 e. The van der Waals surface area contributed by atoms with E-state index in [1.165, 1.54) is 0 Å². The first-order chi connectivity index (χ1) is 16.5. The number of anilines is 2. The fourth-order valence-corrected chi connectivity index (χ4v) is 5.49. The number of rotatable bonds is 4. The Labute approximate surface area is 197 Å². The normalized spacial score (nSPS) is 25.4.